The molecule has 2 saturated carbocycles. The number of hydrogen-bond donors (Lipinski definition) is 2. The molecule has 18 heavy (non-hydrogen) atoms. The Balaban J connectivity index is 1.71. The molecule has 104 valence electrons. The van der Waals surface area contributed by atoms with Crippen LogP contribution in [0, 0.1) is 11.3 Å². The van der Waals surface area contributed by atoms with Gasteiger partial charge in [0.05, 0.1) is 5.41 Å². The summed E-state index contributed by atoms with van der Waals surface area (Å²) in [6.07, 6.45) is 4.56. The number of nitrogens with zero attached hydrogens (tertiary/aromatic N) is 1. The third kappa shape index (κ3) is 2.86. The summed E-state index contributed by atoms with van der Waals surface area (Å²) in [5.41, 5.74) is 5.52. The zero-order chi connectivity index (χ0) is 13.2. The van der Waals surface area contributed by atoms with Crippen molar-refractivity contribution in [2.45, 2.75) is 45.6 Å². The highest BCUT2D eigenvalue weighted by atomic mass is 16.2. The van der Waals surface area contributed by atoms with E-state index in [1.165, 1.54) is 12.8 Å². The first-order chi connectivity index (χ1) is 8.61. The van der Waals surface area contributed by atoms with Gasteiger partial charge in [-0.1, -0.05) is 13.8 Å². The van der Waals surface area contributed by atoms with Crippen LogP contribution >= 0.6 is 0 Å². The van der Waals surface area contributed by atoms with Crippen LogP contribution in [0.4, 0.5) is 0 Å². The van der Waals surface area contributed by atoms with Crippen LogP contribution in [0.3, 0.4) is 0 Å². The molecule has 0 bridgehead atoms. The molecular weight excluding hydrogens is 226 g/mol. The largest absolute Gasteiger partial charge is 0.354 e. The van der Waals surface area contributed by atoms with Crippen LogP contribution in [-0.4, -0.2) is 43.0 Å². The number of carbonyl (C=O) groups is 1. The Labute approximate surface area is 110 Å². The summed E-state index contributed by atoms with van der Waals surface area (Å²) < 4.78 is 0. The van der Waals surface area contributed by atoms with Crippen LogP contribution in [-0.2, 0) is 4.79 Å². The van der Waals surface area contributed by atoms with Crippen molar-refractivity contribution in [3.8, 4) is 0 Å². The van der Waals surface area contributed by atoms with Crippen molar-refractivity contribution in [2.75, 3.05) is 26.2 Å². The molecule has 4 heteroatoms. The molecule has 0 spiro atoms. The van der Waals surface area contributed by atoms with Crippen molar-refractivity contribution < 1.29 is 4.79 Å². The SMILES string of the molecule is CCN(CCNC(=O)C1(CN)CC(C)C1)C1CC1. The number of hydrogen-bond acceptors (Lipinski definition) is 3. The molecule has 0 heterocycles. The number of carbonyl (C=O) groups excluding carboxylic acids is 1. The number of nitrogens with two attached hydrogens (primary N) is 1. The lowest BCUT2D eigenvalue weighted by Crippen LogP contribution is -2.54. The molecule has 0 aromatic heterocycles. The number of rotatable bonds is 7. The van der Waals surface area contributed by atoms with E-state index in [-0.39, 0.29) is 11.3 Å². The number of amides is 1. The van der Waals surface area contributed by atoms with E-state index < -0.39 is 0 Å². The molecule has 4 nitrogen and oxygen atoms in total. The van der Waals surface area contributed by atoms with Gasteiger partial charge in [-0.05, 0) is 38.1 Å². The maximum atomic E-state index is 12.2. The van der Waals surface area contributed by atoms with Crippen LogP contribution in [0.2, 0.25) is 0 Å². The van der Waals surface area contributed by atoms with Gasteiger partial charge in [0.15, 0.2) is 0 Å². The second-order valence-corrected chi connectivity index (χ2v) is 6.11. The van der Waals surface area contributed by atoms with Gasteiger partial charge in [-0.3, -0.25) is 9.69 Å². The summed E-state index contributed by atoms with van der Waals surface area (Å²) >= 11 is 0. The monoisotopic (exact) mass is 253 g/mol. The van der Waals surface area contributed by atoms with Crippen molar-refractivity contribution in [3.63, 3.8) is 0 Å². The summed E-state index contributed by atoms with van der Waals surface area (Å²) in [6.45, 7) is 7.69. The predicted octanol–water partition coefficient (Wildman–Crippen LogP) is 0.962. The second-order valence-electron chi connectivity index (χ2n) is 6.11. The maximum Gasteiger partial charge on any atom is 0.227 e. The zero-order valence-electron chi connectivity index (χ0n) is 11.7. The van der Waals surface area contributed by atoms with Crippen LogP contribution in [0.15, 0.2) is 0 Å². The van der Waals surface area contributed by atoms with Gasteiger partial charge in [0.25, 0.3) is 0 Å². The van der Waals surface area contributed by atoms with E-state index in [2.05, 4.69) is 24.1 Å². The number of nitrogens with one attached hydrogen (secondary N) is 1. The van der Waals surface area contributed by atoms with Crippen molar-refractivity contribution in [1.29, 1.82) is 0 Å². The average Bonchev–Trinajstić information content (AvgIpc) is 3.14. The summed E-state index contributed by atoms with van der Waals surface area (Å²) in [7, 11) is 0. The van der Waals surface area contributed by atoms with E-state index in [0.29, 0.717) is 12.5 Å². The molecule has 0 aliphatic heterocycles. The fourth-order valence-corrected chi connectivity index (χ4v) is 3.26. The predicted molar refractivity (Wildman–Crippen MR) is 73.2 cm³/mol. The van der Waals surface area contributed by atoms with E-state index in [9.17, 15) is 4.79 Å². The molecule has 2 aliphatic carbocycles. The molecule has 1 amide bonds. The van der Waals surface area contributed by atoms with Crippen molar-refractivity contribution in [3.05, 3.63) is 0 Å². The minimum absolute atomic E-state index is 0.176. The van der Waals surface area contributed by atoms with Gasteiger partial charge in [-0.25, -0.2) is 0 Å². The first kappa shape index (κ1) is 13.8. The Kier molecular flexibility index (Phi) is 4.28. The highest BCUT2D eigenvalue weighted by molar-refractivity contribution is 5.83. The van der Waals surface area contributed by atoms with E-state index >= 15 is 0 Å². The topological polar surface area (TPSA) is 58.4 Å². The van der Waals surface area contributed by atoms with Gasteiger partial charge in [-0.15, -0.1) is 0 Å². The first-order valence-corrected chi connectivity index (χ1v) is 7.33. The van der Waals surface area contributed by atoms with E-state index in [1.807, 2.05) is 0 Å². The van der Waals surface area contributed by atoms with Crippen LogP contribution in [0.25, 0.3) is 0 Å². The Hall–Kier alpha value is -0.610. The third-order valence-electron chi connectivity index (χ3n) is 4.50. The third-order valence-corrected chi connectivity index (χ3v) is 4.50. The lowest BCUT2D eigenvalue weighted by molar-refractivity contribution is -0.138. The smallest absolute Gasteiger partial charge is 0.227 e. The molecule has 2 rings (SSSR count). The Morgan fingerprint density at radius 3 is 2.56 bits per heavy atom. The molecular formula is C14H27N3O. The Bertz CT molecular complexity index is 295. The van der Waals surface area contributed by atoms with Gasteiger partial charge in [0.1, 0.15) is 0 Å². The summed E-state index contributed by atoms with van der Waals surface area (Å²) in [5.74, 6) is 0.827. The first-order valence-electron chi connectivity index (χ1n) is 7.33. The van der Waals surface area contributed by atoms with Gasteiger partial charge in [-0.2, -0.15) is 0 Å². The average molecular weight is 253 g/mol. The molecule has 0 unspecified atom stereocenters. The minimum Gasteiger partial charge on any atom is -0.354 e. The van der Waals surface area contributed by atoms with Crippen LogP contribution in [0.5, 0.6) is 0 Å². The molecule has 2 aliphatic rings. The van der Waals surface area contributed by atoms with E-state index in [4.69, 9.17) is 5.73 Å². The molecule has 0 saturated heterocycles. The molecule has 0 aromatic rings. The van der Waals surface area contributed by atoms with Crippen LogP contribution in [0.1, 0.15) is 39.5 Å². The summed E-state index contributed by atoms with van der Waals surface area (Å²) in [5, 5.41) is 3.08. The van der Waals surface area contributed by atoms with Gasteiger partial charge >= 0.3 is 0 Å². The quantitative estimate of drug-likeness (QED) is 0.710. The second kappa shape index (κ2) is 5.57. The molecule has 3 N–H and O–H groups in total. The lowest BCUT2D eigenvalue weighted by atomic mass is 9.62. The molecule has 0 aromatic carbocycles. The van der Waals surface area contributed by atoms with Crippen molar-refractivity contribution >= 4 is 5.91 Å². The lowest BCUT2D eigenvalue weighted by Gasteiger charge is -2.44. The molecule has 2 fully saturated rings. The van der Waals surface area contributed by atoms with Crippen molar-refractivity contribution in [1.82, 2.24) is 10.2 Å². The standard InChI is InChI=1S/C14H27N3O/c1-3-17(12-4-5-12)7-6-16-13(18)14(10-15)8-11(2)9-14/h11-12H,3-10,15H2,1-2H3,(H,16,18). The van der Waals surface area contributed by atoms with E-state index in [1.54, 1.807) is 0 Å². The highest BCUT2D eigenvalue weighted by Gasteiger charge is 2.46. The highest BCUT2D eigenvalue weighted by Crippen LogP contribution is 2.44. The molecule has 0 radical (unpaired) electrons. The summed E-state index contributed by atoms with van der Waals surface area (Å²) in [6, 6.07) is 0.777. The van der Waals surface area contributed by atoms with Crippen LogP contribution < -0.4 is 11.1 Å². The normalized spacial score (nSPS) is 31.2. The Morgan fingerprint density at radius 2 is 2.11 bits per heavy atom. The zero-order valence-corrected chi connectivity index (χ0v) is 11.7. The summed E-state index contributed by atoms with van der Waals surface area (Å²) in [4.78, 5) is 14.6. The van der Waals surface area contributed by atoms with Crippen molar-refractivity contribution in [2.24, 2.45) is 17.1 Å². The van der Waals surface area contributed by atoms with Gasteiger partial charge < -0.3 is 11.1 Å². The Morgan fingerprint density at radius 1 is 1.44 bits per heavy atom. The fraction of sp³-hybridized carbons (Fsp3) is 0.929. The molecule has 0 atom stereocenters. The number of likely N-dealkylation sites (N-methyl/N-ethyl adjacent to an activating group) is 1. The van der Waals surface area contributed by atoms with Gasteiger partial charge in [0.2, 0.25) is 5.91 Å². The fourth-order valence-electron chi connectivity index (χ4n) is 3.26. The van der Waals surface area contributed by atoms with E-state index in [0.717, 1.165) is 38.5 Å². The maximum absolute atomic E-state index is 12.2. The minimum atomic E-state index is -0.254. The van der Waals surface area contributed by atoms with Gasteiger partial charge in [0, 0.05) is 25.7 Å².